The molecule has 0 saturated carbocycles. The van der Waals surface area contributed by atoms with E-state index in [0.29, 0.717) is 6.04 Å². The van der Waals surface area contributed by atoms with Crippen molar-refractivity contribution in [1.29, 1.82) is 0 Å². The molecule has 1 heterocycles. The first kappa shape index (κ1) is 14.0. The summed E-state index contributed by atoms with van der Waals surface area (Å²) in [4.78, 5) is 4.83. The zero-order valence-electron chi connectivity index (χ0n) is 10.8. The lowest BCUT2D eigenvalue weighted by molar-refractivity contribution is 0.0888. The Morgan fingerprint density at radius 1 is 1.28 bits per heavy atom. The van der Waals surface area contributed by atoms with Gasteiger partial charge in [-0.3, -0.25) is 9.80 Å². The first-order valence-electron chi connectivity index (χ1n) is 6.53. The number of benzene rings is 1. The van der Waals surface area contributed by atoms with Gasteiger partial charge < -0.3 is 5.11 Å². The molecule has 1 N–H and O–H groups in total. The quantitative estimate of drug-likeness (QED) is 0.922. The molecule has 0 aromatic heterocycles. The Hall–Kier alpha value is -0.420. The van der Waals surface area contributed by atoms with Crippen LogP contribution in [0.4, 0.5) is 0 Å². The van der Waals surface area contributed by atoms with Gasteiger partial charge in [-0.2, -0.15) is 0 Å². The van der Waals surface area contributed by atoms with Crippen molar-refractivity contribution < 1.29 is 5.11 Å². The van der Waals surface area contributed by atoms with Crippen LogP contribution in [0.2, 0.25) is 0 Å². The Labute approximate surface area is 118 Å². The van der Waals surface area contributed by atoms with Gasteiger partial charge in [-0.05, 0) is 24.6 Å². The maximum absolute atomic E-state index is 8.94. The number of piperazine rings is 1. The first-order chi connectivity index (χ1) is 8.70. The normalized spacial score (nSPS) is 19.9. The molecule has 2 rings (SSSR count). The van der Waals surface area contributed by atoms with Crippen molar-refractivity contribution in [2.45, 2.75) is 13.0 Å². The van der Waals surface area contributed by atoms with E-state index in [-0.39, 0.29) is 6.61 Å². The number of β-amino-alcohol motifs (C(OH)–C–C–N with tert-alkyl or cyclic N) is 1. The summed E-state index contributed by atoms with van der Waals surface area (Å²) in [6.45, 7) is 7.60. The summed E-state index contributed by atoms with van der Waals surface area (Å²) in [6.07, 6.45) is 0. The van der Waals surface area contributed by atoms with Gasteiger partial charge in [0.1, 0.15) is 0 Å². The molecule has 1 fully saturated rings. The molecule has 0 spiro atoms. The number of aliphatic hydroxyl groups is 1. The highest BCUT2D eigenvalue weighted by Gasteiger charge is 2.21. The van der Waals surface area contributed by atoms with Gasteiger partial charge in [-0.1, -0.05) is 28.1 Å². The lowest BCUT2D eigenvalue weighted by Gasteiger charge is -2.38. The number of halogens is 1. The molecule has 0 unspecified atom stereocenters. The average molecular weight is 313 g/mol. The van der Waals surface area contributed by atoms with Crippen molar-refractivity contribution >= 4 is 15.9 Å². The topological polar surface area (TPSA) is 26.7 Å². The average Bonchev–Trinajstić information content (AvgIpc) is 2.39. The van der Waals surface area contributed by atoms with Crippen LogP contribution in [-0.2, 0) is 0 Å². The van der Waals surface area contributed by atoms with E-state index in [9.17, 15) is 0 Å². The molecule has 100 valence electrons. The molecule has 0 bridgehead atoms. The minimum Gasteiger partial charge on any atom is -0.395 e. The summed E-state index contributed by atoms with van der Waals surface area (Å²) in [6, 6.07) is 9.01. The summed E-state index contributed by atoms with van der Waals surface area (Å²) >= 11 is 3.53. The number of rotatable bonds is 4. The molecule has 1 aromatic rings. The fourth-order valence-corrected chi connectivity index (χ4v) is 2.91. The maximum Gasteiger partial charge on any atom is 0.0558 e. The highest BCUT2D eigenvalue weighted by molar-refractivity contribution is 9.10. The van der Waals surface area contributed by atoms with Crippen LogP contribution < -0.4 is 0 Å². The van der Waals surface area contributed by atoms with Crippen LogP contribution in [0.25, 0.3) is 0 Å². The van der Waals surface area contributed by atoms with E-state index in [0.717, 1.165) is 37.2 Å². The molecule has 1 saturated heterocycles. The highest BCUT2D eigenvalue weighted by Crippen LogP contribution is 2.24. The third-order valence-electron chi connectivity index (χ3n) is 3.70. The lowest BCUT2D eigenvalue weighted by Crippen LogP contribution is -2.47. The molecular formula is C14H21BrN2O. The Morgan fingerprint density at radius 3 is 2.61 bits per heavy atom. The molecule has 0 aliphatic carbocycles. The van der Waals surface area contributed by atoms with E-state index in [4.69, 9.17) is 5.11 Å². The van der Waals surface area contributed by atoms with Crippen LogP contribution in [0.1, 0.15) is 18.5 Å². The van der Waals surface area contributed by atoms with E-state index in [1.807, 2.05) is 0 Å². The van der Waals surface area contributed by atoms with Crippen LogP contribution >= 0.6 is 15.9 Å². The second kappa shape index (κ2) is 6.66. The first-order valence-corrected chi connectivity index (χ1v) is 7.32. The van der Waals surface area contributed by atoms with Gasteiger partial charge in [0.2, 0.25) is 0 Å². The fraction of sp³-hybridized carbons (Fsp3) is 0.571. The minimum absolute atomic E-state index is 0.265. The smallest absolute Gasteiger partial charge is 0.0558 e. The van der Waals surface area contributed by atoms with Gasteiger partial charge >= 0.3 is 0 Å². The molecule has 3 nitrogen and oxygen atoms in total. The molecule has 1 atom stereocenters. The third kappa shape index (κ3) is 3.54. The summed E-state index contributed by atoms with van der Waals surface area (Å²) in [5.74, 6) is 0. The van der Waals surface area contributed by atoms with Crippen LogP contribution in [0, 0.1) is 0 Å². The monoisotopic (exact) mass is 312 g/mol. The molecule has 0 radical (unpaired) electrons. The van der Waals surface area contributed by atoms with Gasteiger partial charge in [0, 0.05) is 43.2 Å². The van der Waals surface area contributed by atoms with Crippen molar-refractivity contribution in [2.75, 3.05) is 39.3 Å². The second-order valence-electron chi connectivity index (χ2n) is 4.83. The van der Waals surface area contributed by atoms with Gasteiger partial charge in [-0.15, -0.1) is 0 Å². The van der Waals surface area contributed by atoms with E-state index in [1.54, 1.807) is 0 Å². The molecular weight excluding hydrogens is 292 g/mol. The standard InChI is InChI=1S/C14H21BrN2O/c1-12(13-3-2-4-14(15)11-13)17-7-5-16(6-8-17)9-10-18/h2-4,11-12,18H,5-10H2,1H3/t12-/m0/s1. The van der Waals surface area contributed by atoms with E-state index < -0.39 is 0 Å². The predicted molar refractivity (Wildman–Crippen MR) is 77.7 cm³/mol. The van der Waals surface area contributed by atoms with Crippen LogP contribution in [0.3, 0.4) is 0 Å². The summed E-state index contributed by atoms with van der Waals surface area (Å²) < 4.78 is 1.14. The SMILES string of the molecule is C[C@@H](c1cccc(Br)c1)N1CCN(CCO)CC1. The molecule has 1 aliphatic rings. The van der Waals surface area contributed by atoms with E-state index >= 15 is 0 Å². The Kier molecular flexibility index (Phi) is 5.18. The van der Waals surface area contributed by atoms with Gasteiger partial charge in [-0.25, -0.2) is 0 Å². The number of hydrogen-bond donors (Lipinski definition) is 1. The van der Waals surface area contributed by atoms with Crippen molar-refractivity contribution in [3.8, 4) is 0 Å². The van der Waals surface area contributed by atoms with Crippen LogP contribution in [0.5, 0.6) is 0 Å². The van der Waals surface area contributed by atoms with Crippen molar-refractivity contribution in [3.63, 3.8) is 0 Å². The molecule has 0 amide bonds. The second-order valence-corrected chi connectivity index (χ2v) is 5.75. The summed E-state index contributed by atoms with van der Waals surface area (Å²) in [5, 5.41) is 8.94. The summed E-state index contributed by atoms with van der Waals surface area (Å²) in [7, 11) is 0. The minimum atomic E-state index is 0.265. The zero-order valence-corrected chi connectivity index (χ0v) is 12.4. The largest absolute Gasteiger partial charge is 0.395 e. The van der Waals surface area contributed by atoms with Crippen LogP contribution in [0.15, 0.2) is 28.7 Å². The molecule has 4 heteroatoms. The highest BCUT2D eigenvalue weighted by atomic mass is 79.9. The molecule has 18 heavy (non-hydrogen) atoms. The Bertz CT molecular complexity index is 378. The van der Waals surface area contributed by atoms with Gasteiger partial charge in [0.25, 0.3) is 0 Å². The van der Waals surface area contributed by atoms with Crippen LogP contribution in [-0.4, -0.2) is 54.2 Å². The third-order valence-corrected chi connectivity index (χ3v) is 4.20. The number of aliphatic hydroxyl groups excluding tert-OH is 1. The summed E-state index contributed by atoms with van der Waals surface area (Å²) in [5.41, 5.74) is 1.36. The van der Waals surface area contributed by atoms with Gasteiger partial charge in [0.05, 0.1) is 6.61 Å². The maximum atomic E-state index is 8.94. The zero-order chi connectivity index (χ0) is 13.0. The van der Waals surface area contributed by atoms with E-state index in [1.165, 1.54) is 5.56 Å². The molecule has 1 aliphatic heterocycles. The Morgan fingerprint density at radius 2 is 2.00 bits per heavy atom. The number of nitrogens with zero attached hydrogens (tertiary/aromatic N) is 2. The number of hydrogen-bond acceptors (Lipinski definition) is 3. The van der Waals surface area contributed by atoms with Crippen molar-refractivity contribution in [3.05, 3.63) is 34.3 Å². The van der Waals surface area contributed by atoms with Crippen molar-refractivity contribution in [1.82, 2.24) is 9.80 Å². The molecule has 1 aromatic carbocycles. The Balaban J connectivity index is 1.93. The lowest BCUT2D eigenvalue weighted by atomic mass is 10.1. The fourth-order valence-electron chi connectivity index (χ4n) is 2.49. The van der Waals surface area contributed by atoms with Gasteiger partial charge in [0.15, 0.2) is 0 Å². The van der Waals surface area contributed by atoms with E-state index in [2.05, 4.69) is 56.9 Å². The predicted octanol–water partition coefficient (Wildman–Crippen LogP) is 2.12. The van der Waals surface area contributed by atoms with Crippen molar-refractivity contribution in [2.24, 2.45) is 0 Å².